The Morgan fingerprint density at radius 3 is 3.12 bits per heavy atom. The van der Waals surface area contributed by atoms with E-state index in [2.05, 4.69) is 20.9 Å². The van der Waals surface area contributed by atoms with Gasteiger partial charge in [-0.3, -0.25) is 0 Å². The van der Waals surface area contributed by atoms with Gasteiger partial charge in [0.1, 0.15) is 5.60 Å². The van der Waals surface area contributed by atoms with Gasteiger partial charge in [0.2, 0.25) is 5.95 Å². The second kappa shape index (κ2) is 4.39. The van der Waals surface area contributed by atoms with Crippen molar-refractivity contribution in [3.8, 4) is 0 Å². The first-order valence-electron chi connectivity index (χ1n) is 5.15. The molecule has 1 aliphatic heterocycles. The molecule has 1 fully saturated rings. The standard InChI is InChI=1S/C11H13BrFNO2/c1-7-6-16-3-2-11(7,15)9-4-8(12)5-14-10(9)13/h4-5,7,15H,2-3,6H2,1H3. The van der Waals surface area contributed by atoms with Crippen molar-refractivity contribution in [2.45, 2.75) is 18.9 Å². The van der Waals surface area contributed by atoms with Crippen molar-refractivity contribution in [3.63, 3.8) is 0 Å². The Bertz CT molecular complexity index is 402. The Morgan fingerprint density at radius 1 is 1.69 bits per heavy atom. The van der Waals surface area contributed by atoms with Crippen LogP contribution in [0.4, 0.5) is 4.39 Å². The summed E-state index contributed by atoms with van der Waals surface area (Å²) in [5.74, 6) is -0.758. The van der Waals surface area contributed by atoms with Gasteiger partial charge in [0.25, 0.3) is 0 Å². The fourth-order valence-corrected chi connectivity index (χ4v) is 2.33. The van der Waals surface area contributed by atoms with Crippen LogP contribution in [-0.2, 0) is 10.3 Å². The van der Waals surface area contributed by atoms with E-state index in [1.807, 2.05) is 6.92 Å². The first-order chi connectivity index (χ1) is 7.54. The number of aromatic nitrogens is 1. The summed E-state index contributed by atoms with van der Waals surface area (Å²) in [6, 6.07) is 1.59. The van der Waals surface area contributed by atoms with Gasteiger partial charge in [0.05, 0.1) is 6.61 Å². The Labute approximate surface area is 102 Å². The molecule has 0 amide bonds. The third-order valence-corrected chi connectivity index (χ3v) is 3.52. The summed E-state index contributed by atoms with van der Waals surface area (Å²) in [7, 11) is 0. The normalized spacial score (nSPS) is 30.4. The van der Waals surface area contributed by atoms with Crippen molar-refractivity contribution in [2.24, 2.45) is 5.92 Å². The Balaban J connectivity index is 2.44. The van der Waals surface area contributed by atoms with Gasteiger partial charge in [0, 0.05) is 35.2 Å². The molecule has 1 aliphatic rings. The van der Waals surface area contributed by atoms with Crippen LogP contribution in [0.1, 0.15) is 18.9 Å². The summed E-state index contributed by atoms with van der Waals surface area (Å²) in [6.07, 6.45) is 1.77. The van der Waals surface area contributed by atoms with Crippen molar-refractivity contribution in [1.29, 1.82) is 0 Å². The van der Waals surface area contributed by atoms with Crippen LogP contribution in [0.15, 0.2) is 16.7 Å². The van der Waals surface area contributed by atoms with Crippen molar-refractivity contribution < 1.29 is 14.2 Å². The SMILES string of the molecule is CC1COCCC1(O)c1cc(Br)cnc1F. The molecule has 2 atom stereocenters. The summed E-state index contributed by atoms with van der Waals surface area (Å²) in [5, 5.41) is 10.5. The molecule has 2 rings (SSSR count). The van der Waals surface area contributed by atoms with Crippen LogP contribution in [0, 0.1) is 11.9 Å². The van der Waals surface area contributed by atoms with E-state index in [4.69, 9.17) is 4.74 Å². The first kappa shape index (κ1) is 12.0. The molecule has 2 heterocycles. The minimum Gasteiger partial charge on any atom is -0.385 e. The summed E-state index contributed by atoms with van der Waals surface area (Å²) in [6.45, 7) is 2.72. The van der Waals surface area contributed by atoms with Gasteiger partial charge in [-0.25, -0.2) is 4.98 Å². The highest BCUT2D eigenvalue weighted by atomic mass is 79.9. The maximum absolute atomic E-state index is 13.6. The highest BCUT2D eigenvalue weighted by Gasteiger charge is 2.40. The van der Waals surface area contributed by atoms with Crippen LogP contribution in [0.5, 0.6) is 0 Å². The van der Waals surface area contributed by atoms with E-state index in [0.717, 1.165) is 0 Å². The predicted octanol–water partition coefficient (Wildman–Crippen LogP) is 2.23. The molecule has 0 spiro atoms. The average Bonchev–Trinajstić information content (AvgIpc) is 2.26. The molecule has 1 aromatic heterocycles. The van der Waals surface area contributed by atoms with Crippen molar-refractivity contribution in [1.82, 2.24) is 4.98 Å². The highest BCUT2D eigenvalue weighted by Crippen LogP contribution is 2.37. The molecule has 1 saturated heterocycles. The fourth-order valence-electron chi connectivity index (χ4n) is 2.00. The lowest BCUT2D eigenvalue weighted by Gasteiger charge is -2.38. The zero-order chi connectivity index (χ0) is 11.8. The van der Waals surface area contributed by atoms with Crippen molar-refractivity contribution in [2.75, 3.05) is 13.2 Å². The molecule has 0 aromatic carbocycles. The highest BCUT2D eigenvalue weighted by molar-refractivity contribution is 9.10. The molecule has 1 N–H and O–H groups in total. The molecular weight excluding hydrogens is 277 g/mol. The molecule has 16 heavy (non-hydrogen) atoms. The van der Waals surface area contributed by atoms with Gasteiger partial charge in [-0.2, -0.15) is 4.39 Å². The molecule has 0 bridgehead atoms. The summed E-state index contributed by atoms with van der Waals surface area (Å²) >= 11 is 3.24. The van der Waals surface area contributed by atoms with E-state index in [9.17, 15) is 9.50 Å². The third-order valence-electron chi connectivity index (χ3n) is 3.08. The van der Waals surface area contributed by atoms with E-state index in [1.54, 1.807) is 6.07 Å². The van der Waals surface area contributed by atoms with Crippen LogP contribution in [0.3, 0.4) is 0 Å². The Hall–Kier alpha value is -0.520. The lowest BCUT2D eigenvalue weighted by Crippen LogP contribution is -2.42. The van der Waals surface area contributed by atoms with E-state index >= 15 is 0 Å². The molecule has 88 valence electrons. The number of halogens is 2. The molecule has 0 radical (unpaired) electrons. The number of ether oxygens (including phenoxy) is 1. The van der Waals surface area contributed by atoms with E-state index in [-0.39, 0.29) is 11.5 Å². The molecular formula is C11H13BrFNO2. The van der Waals surface area contributed by atoms with Crippen molar-refractivity contribution in [3.05, 3.63) is 28.2 Å². The maximum atomic E-state index is 13.6. The van der Waals surface area contributed by atoms with Gasteiger partial charge in [-0.1, -0.05) is 6.92 Å². The summed E-state index contributed by atoms with van der Waals surface area (Å²) in [4.78, 5) is 3.62. The number of rotatable bonds is 1. The number of nitrogens with zero attached hydrogens (tertiary/aromatic N) is 1. The first-order valence-corrected chi connectivity index (χ1v) is 5.95. The van der Waals surface area contributed by atoms with Crippen LogP contribution >= 0.6 is 15.9 Å². The minimum atomic E-state index is -1.18. The lowest BCUT2D eigenvalue weighted by atomic mass is 9.79. The van der Waals surface area contributed by atoms with E-state index in [1.165, 1.54) is 6.20 Å². The zero-order valence-corrected chi connectivity index (χ0v) is 10.5. The third kappa shape index (κ3) is 1.99. The van der Waals surface area contributed by atoms with Gasteiger partial charge in [0.15, 0.2) is 0 Å². The van der Waals surface area contributed by atoms with Crippen LogP contribution in [0.25, 0.3) is 0 Å². The van der Waals surface area contributed by atoms with E-state index in [0.29, 0.717) is 24.1 Å². The predicted molar refractivity (Wildman–Crippen MR) is 60.4 cm³/mol. The van der Waals surface area contributed by atoms with Crippen LogP contribution < -0.4 is 0 Å². The zero-order valence-electron chi connectivity index (χ0n) is 8.91. The number of aliphatic hydroxyl groups is 1. The maximum Gasteiger partial charge on any atom is 0.219 e. The Kier molecular flexibility index (Phi) is 3.28. The molecule has 3 nitrogen and oxygen atoms in total. The number of pyridine rings is 1. The Morgan fingerprint density at radius 2 is 2.44 bits per heavy atom. The van der Waals surface area contributed by atoms with Gasteiger partial charge >= 0.3 is 0 Å². The molecule has 2 unspecified atom stereocenters. The molecule has 5 heteroatoms. The minimum absolute atomic E-state index is 0.146. The van der Waals surface area contributed by atoms with Gasteiger partial charge < -0.3 is 9.84 Å². The lowest BCUT2D eigenvalue weighted by molar-refractivity contribution is -0.113. The average molecular weight is 290 g/mol. The topological polar surface area (TPSA) is 42.4 Å². The second-order valence-corrected chi connectivity index (χ2v) is 5.06. The fraction of sp³-hybridized carbons (Fsp3) is 0.545. The van der Waals surface area contributed by atoms with Crippen LogP contribution in [-0.4, -0.2) is 23.3 Å². The van der Waals surface area contributed by atoms with Crippen molar-refractivity contribution >= 4 is 15.9 Å². The monoisotopic (exact) mass is 289 g/mol. The molecule has 1 aromatic rings. The molecule has 0 aliphatic carbocycles. The number of hydrogen-bond donors (Lipinski definition) is 1. The summed E-state index contributed by atoms with van der Waals surface area (Å²) in [5.41, 5.74) is -0.934. The quantitative estimate of drug-likeness (QED) is 0.806. The van der Waals surface area contributed by atoms with Crippen LogP contribution in [0.2, 0.25) is 0 Å². The second-order valence-electron chi connectivity index (χ2n) is 4.14. The smallest absolute Gasteiger partial charge is 0.219 e. The number of hydrogen-bond acceptors (Lipinski definition) is 3. The van der Waals surface area contributed by atoms with Gasteiger partial charge in [-0.15, -0.1) is 0 Å². The van der Waals surface area contributed by atoms with Gasteiger partial charge in [-0.05, 0) is 22.0 Å². The largest absolute Gasteiger partial charge is 0.385 e. The van der Waals surface area contributed by atoms with E-state index < -0.39 is 11.5 Å². The molecule has 0 saturated carbocycles. The summed E-state index contributed by atoms with van der Waals surface area (Å²) < 4.78 is 19.6.